The third-order valence-corrected chi connectivity index (χ3v) is 5.54. The first-order valence-electron chi connectivity index (χ1n) is 9.74. The van der Waals surface area contributed by atoms with Crippen LogP contribution in [0.1, 0.15) is 26.7 Å². The number of pyridine rings is 1. The molecule has 3 aromatic heterocycles. The number of hydrogen-bond acceptors (Lipinski definition) is 5. The summed E-state index contributed by atoms with van der Waals surface area (Å²) in [6.45, 7) is 3.62. The Labute approximate surface area is 168 Å². The standard InChI is InChI=1S/C22H22N6O/c1-14(29)26-22(2)11-17(12-22)25-21-24-13-20-18(7-9-28(20)27-21)15-5-6-19-16(10-15)4-3-8-23-19/h3-10,13,17H,11-12H2,1-2H3,(H,25,27)(H,26,29)/t17-,22-. The van der Waals surface area contributed by atoms with Crippen LogP contribution in [0, 0.1) is 0 Å². The van der Waals surface area contributed by atoms with E-state index in [9.17, 15) is 4.79 Å². The average Bonchev–Trinajstić information content (AvgIpc) is 3.09. The van der Waals surface area contributed by atoms with E-state index in [2.05, 4.69) is 56.9 Å². The maximum Gasteiger partial charge on any atom is 0.241 e. The number of amides is 1. The largest absolute Gasteiger partial charge is 0.351 e. The van der Waals surface area contributed by atoms with E-state index < -0.39 is 0 Å². The number of benzene rings is 1. The van der Waals surface area contributed by atoms with Crippen molar-refractivity contribution in [1.82, 2.24) is 24.9 Å². The van der Waals surface area contributed by atoms with Crippen LogP contribution >= 0.6 is 0 Å². The maximum atomic E-state index is 11.3. The van der Waals surface area contributed by atoms with E-state index in [-0.39, 0.29) is 17.5 Å². The summed E-state index contributed by atoms with van der Waals surface area (Å²) in [5, 5.41) is 12.1. The Morgan fingerprint density at radius 2 is 2.07 bits per heavy atom. The lowest BCUT2D eigenvalue weighted by atomic mass is 9.74. The van der Waals surface area contributed by atoms with Crippen LogP contribution in [-0.2, 0) is 4.79 Å². The molecule has 1 aliphatic carbocycles. The van der Waals surface area contributed by atoms with Gasteiger partial charge >= 0.3 is 0 Å². The molecule has 1 saturated carbocycles. The zero-order valence-corrected chi connectivity index (χ0v) is 16.4. The number of carbonyl (C=O) groups excluding carboxylic acids is 1. The molecule has 3 heterocycles. The van der Waals surface area contributed by atoms with E-state index in [0.717, 1.165) is 40.4 Å². The first-order valence-corrected chi connectivity index (χ1v) is 9.74. The van der Waals surface area contributed by atoms with Gasteiger partial charge < -0.3 is 10.6 Å². The van der Waals surface area contributed by atoms with E-state index in [1.165, 1.54) is 0 Å². The van der Waals surface area contributed by atoms with Crippen molar-refractivity contribution in [3.05, 3.63) is 55.0 Å². The van der Waals surface area contributed by atoms with Crippen molar-refractivity contribution in [2.24, 2.45) is 0 Å². The molecule has 1 aromatic carbocycles. The smallest absolute Gasteiger partial charge is 0.241 e. The highest BCUT2D eigenvalue weighted by atomic mass is 16.1. The lowest BCUT2D eigenvalue weighted by Gasteiger charge is -2.45. The molecule has 0 spiro atoms. The van der Waals surface area contributed by atoms with Crippen molar-refractivity contribution < 1.29 is 4.79 Å². The zero-order chi connectivity index (χ0) is 20.0. The summed E-state index contributed by atoms with van der Waals surface area (Å²) in [6, 6.07) is 12.6. The Balaban J connectivity index is 1.37. The molecule has 0 bridgehead atoms. The molecule has 146 valence electrons. The van der Waals surface area contributed by atoms with Gasteiger partial charge in [-0.15, -0.1) is 5.10 Å². The van der Waals surface area contributed by atoms with E-state index >= 15 is 0 Å². The van der Waals surface area contributed by atoms with E-state index in [4.69, 9.17) is 0 Å². The van der Waals surface area contributed by atoms with Crippen LogP contribution in [-0.4, -0.2) is 37.1 Å². The van der Waals surface area contributed by atoms with Crippen LogP contribution in [0.25, 0.3) is 27.5 Å². The fraction of sp³-hybridized carbons (Fsp3) is 0.273. The first-order chi connectivity index (χ1) is 14.0. The molecular formula is C22H22N6O. The van der Waals surface area contributed by atoms with Gasteiger partial charge in [0.05, 0.1) is 17.2 Å². The second-order valence-corrected chi connectivity index (χ2v) is 8.04. The number of rotatable bonds is 4. The van der Waals surface area contributed by atoms with Crippen molar-refractivity contribution >= 4 is 28.3 Å². The monoisotopic (exact) mass is 386 g/mol. The summed E-state index contributed by atoms with van der Waals surface area (Å²) in [5.74, 6) is 0.602. The normalized spacial score (nSPS) is 21.1. The summed E-state index contributed by atoms with van der Waals surface area (Å²) < 4.78 is 1.85. The Kier molecular flexibility index (Phi) is 3.97. The Bertz CT molecular complexity index is 1220. The van der Waals surface area contributed by atoms with Crippen LogP contribution < -0.4 is 10.6 Å². The van der Waals surface area contributed by atoms with Crippen molar-refractivity contribution in [3.63, 3.8) is 0 Å². The fourth-order valence-electron chi connectivity index (χ4n) is 4.29. The van der Waals surface area contributed by atoms with Crippen molar-refractivity contribution in [2.75, 3.05) is 5.32 Å². The summed E-state index contributed by atoms with van der Waals surface area (Å²) in [5.41, 5.74) is 4.00. The second-order valence-electron chi connectivity index (χ2n) is 8.04. The molecule has 1 fully saturated rings. The number of aromatic nitrogens is 4. The van der Waals surface area contributed by atoms with Gasteiger partial charge in [-0.1, -0.05) is 12.1 Å². The van der Waals surface area contributed by atoms with Crippen molar-refractivity contribution in [3.8, 4) is 11.1 Å². The van der Waals surface area contributed by atoms with E-state index in [1.807, 2.05) is 29.0 Å². The van der Waals surface area contributed by atoms with Crippen molar-refractivity contribution in [2.45, 2.75) is 38.3 Å². The van der Waals surface area contributed by atoms with Gasteiger partial charge in [0.15, 0.2) is 0 Å². The molecule has 4 aromatic rings. The molecule has 0 radical (unpaired) electrons. The highest BCUT2D eigenvalue weighted by molar-refractivity contribution is 5.88. The third kappa shape index (κ3) is 3.29. The van der Waals surface area contributed by atoms with Gasteiger partial charge in [-0.2, -0.15) is 0 Å². The average molecular weight is 386 g/mol. The molecule has 7 heteroatoms. The molecule has 1 amide bonds. The van der Waals surface area contributed by atoms with Crippen LogP contribution in [0.15, 0.2) is 55.0 Å². The molecule has 7 nitrogen and oxygen atoms in total. The Morgan fingerprint density at radius 3 is 2.90 bits per heavy atom. The molecule has 0 unspecified atom stereocenters. The predicted octanol–water partition coefficient (Wildman–Crippen LogP) is 3.41. The van der Waals surface area contributed by atoms with Crippen LogP contribution in [0.2, 0.25) is 0 Å². The molecule has 0 saturated heterocycles. The molecule has 29 heavy (non-hydrogen) atoms. The SMILES string of the molecule is CC(=O)N[C@]1(C)C[C@@H](Nc2ncc3c(-c4ccc5ncccc5c4)ccn3n2)C1. The maximum absolute atomic E-state index is 11.3. The Hall–Kier alpha value is -3.48. The molecular weight excluding hydrogens is 364 g/mol. The summed E-state index contributed by atoms with van der Waals surface area (Å²) in [4.78, 5) is 20.2. The molecule has 5 rings (SSSR count). The van der Waals surface area contributed by atoms with Crippen LogP contribution in [0.3, 0.4) is 0 Å². The third-order valence-electron chi connectivity index (χ3n) is 5.54. The van der Waals surface area contributed by atoms with E-state index in [0.29, 0.717) is 5.95 Å². The number of fused-ring (bicyclic) bond motifs is 2. The lowest BCUT2D eigenvalue weighted by Crippen LogP contribution is -2.59. The second kappa shape index (κ2) is 6.55. The topological polar surface area (TPSA) is 84.2 Å². The quantitative estimate of drug-likeness (QED) is 0.561. The minimum Gasteiger partial charge on any atom is -0.351 e. The zero-order valence-electron chi connectivity index (χ0n) is 16.4. The highest BCUT2D eigenvalue weighted by Crippen LogP contribution is 2.34. The molecule has 0 aliphatic heterocycles. The molecule has 2 N–H and O–H groups in total. The predicted molar refractivity (Wildman–Crippen MR) is 113 cm³/mol. The fourth-order valence-corrected chi connectivity index (χ4v) is 4.29. The van der Waals surface area contributed by atoms with Gasteiger partial charge in [-0.3, -0.25) is 9.78 Å². The van der Waals surface area contributed by atoms with Crippen molar-refractivity contribution in [1.29, 1.82) is 0 Å². The van der Waals surface area contributed by atoms with Gasteiger partial charge in [0.2, 0.25) is 11.9 Å². The van der Waals surface area contributed by atoms with Gasteiger partial charge in [-0.25, -0.2) is 9.50 Å². The van der Waals surface area contributed by atoms with Gasteiger partial charge in [0.25, 0.3) is 0 Å². The number of hydrogen-bond donors (Lipinski definition) is 2. The summed E-state index contributed by atoms with van der Waals surface area (Å²) >= 11 is 0. The molecule has 1 aliphatic rings. The van der Waals surface area contributed by atoms with Gasteiger partial charge in [-0.05, 0) is 49.6 Å². The molecule has 0 atom stereocenters. The minimum absolute atomic E-state index is 0.00737. The van der Waals surface area contributed by atoms with Gasteiger partial charge in [0.1, 0.15) is 0 Å². The summed E-state index contributed by atoms with van der Waals surface area (Å²) in [7, 11) is 0. The lowest BCUT2D eigenvalue weighted by molar-refractivity contribution is -0.121. The van der Waals surface area contributed by atoms with Gasteiger partial charge in [0, 0.05) is 41.8 Å². The number of carbonyl (C=O) groups is 1. The number of nitrogens with zero attached hydrogens (tertiary/aromatic N) is 4. The number of anilines is 1. The first kappa shape index (κ1) is 17.6. The van der Waals surface area contributed by atoms with Crippen LogP contribution in [0.4, 0.5) is 5.95 Å². The van der Waals surface area contributed by atoms with E-state index in [1.54, 1.807) is 13.1 Å². The van der Waals surface area contributed by atoms with Crippen LogP contribution in [0.5, 0.6) is 0 Å². The number of nitrogens with one attached hydrogen (secondary N) is 2. The highest BCUT2D eigenvalue weighted by Gasteiger charge is 2.41. The summed E-state index contributed by atoms with van der Waals surface area (Å²) in [6.07, 6.45) is 7.32. The minimum atomic E-state index is -0.140. The Morgan fingerprint density at radius 1 is 1.21 bits per heavy atom.